The lowest BCUT2D eigenvalue weighted by atomic mass is 9.94. The van der Waals surface area contributed by atoms with Crippen molar-refractivity contribution in [3.05, 3.63) is 52.3 Å². The summed E-state index contributed by atoms with van der Waals surface area (Å²) >= 11 is 0. The Labute approximate surface area is 167 Å². The molecule has 0 unspecified atom stereocenters. The molecule has 3 rings (SSSR count). The number of aryl methyl sites for hydroxylation is 1. The second kappa shape index (κ2) is 9.18. The van der Waals surface area contributed by atoms with Gasteiger partial charge in [0.1, 0.15) is 0 Å². The molecule has 0 atom stereocenters. The van der Waals surface area contributed by atoms with Crippen molar-refractivity contribution >= 4 is 5.91 Å². The molecule has 1 fully saturated rings. The number of likely N-dealkylation sites (tertiary alicyclic amines) is 1. The third-order valence-corrected chi connectivity index (χ3v) is 5.93. The standard InChI is InChI=1S/C23H31N3O2/c1-4-19(5-2)23(28)25-13-11-18(12-14-25)16-26-21(27)15-17(3)22(24-26)20-9-7-6-8-10-20/h6-10,15,18-19H,4-5,11-14,16H2,1-3H3. The Morgan fingerprint density at radius 2 is 1.79 bits per heavy atom. The molecule has 28 heavy (non-hydrogen) atoms. The first-order valence-corrected chi connectivity index (χ1v) is 10.5. The number of aromatic nitrogens is 2. The number of amides is 1. The monoisotopic (exact) mass is 381 g/mol. The number of hydrogen-bond donors (Lipinski definition) is 0. The molecule has 1 aliphatic heterocycles. The highest BCUT2D eigenvalue weighted by Gasteiger charge is 2.27. The SMILES string of the molecule is CCC(CC)C(=O)N1CCC(Cn2nc(-c3ccccc3)c(C)cc2=O)CC1. The summed E-state index contributed by atoms with van der Waals surface area (Å²) in [5.41, 5.74) is 2.74. The molecule has 0 bridgehead atoms. The third kappa shape index (κ3) is 4.51. The van der Waals surface area contributed by atoms with Crippen LogP contribution in [0.1, 0.15) is 45.1 Å². The van der Waals surface area contributed by atoms with Crippen LogP contribution in [-0.2, 0) is 11.3 Å². The van der Waals surface area contributed by atoms with E-state index in [2.05, 4.69) is 18.9 Å². The van der Waals surface area contributed by atoms with Crippen molar-refractivity contribution in [3.63, 3.8) is 0 Å². The van der Waals surface area contributed by atoms with Gasteiger partial charge in [-0.2, -0.15) is 5.10 Å². The normalized spacial score (nSPS) is 15.2. The summed E-state index contributed by atoms with van der Waals surface area (Å²) < 4.78 is 1.61. The summed E-state index contributed by atoms with van der Waals surface area (Å²) in [6.07, 6.45) is 3.66. The molecule has 0 aliphatic carbocycles. The summed E-state index contributed by atoms with van der Waals surface area (Å²) in [6.45, 7) is 8.28. The molecule has 1 aromatic heterocycles. The second-order valence-corrected chi connectivity index (χ2v) is 7.84. The predicted octanol–water partition coefficient (Wildman–Crippen LogP) is 3.89. The zero-order chi connectivity index (χ0) is 20.1. The molecule has 0 radical (unpaired) electrons. The van der Waals surface area contributed by atoms with Gasteiger partial charge in [0.15, 0.2) is 0 Å². The van der Waals surface area contributed by atoms with Crippen molar-refractivity contribution < 1.29 is 4.79 Å². The molecular weight excluding hydrogens is 350 g/mol. The summed E-state index contributed by atoms with van der Waals surface area (Å²) in [6, 6.07) is 11.7. The van der Waals surface area contributed by atoms with Crippen LogP contribution in [0, 0.1) is 18.8 Å². The number of rotatable bonds is 6. The van der Waals surface area contributed by atoms with E-state index in [1.54, 1.807) is 10.7 Å². The fourth-order valence-corrected chi connectivity index (χ4v) is 4.07. The van der Waals surface area contributed by atoms with Crippen molar-refractivity contribution in [2.75, 3.05) is 13.1 Å². The quantitative estimate of drug-likeness (QED) is 0.763. The Bertz CT molecular complexity index is 848. The topological polar surface area (TPSA) is 55.2 Å². The van der Waals surface area contributed by atoms with Crippen LogP contribution in [0.15, 0.2) is 41.2 Å². The average molecular weight is 382 g/mol. The maximum atomic E-state index is 12.6. The summed E-state index contributed by atoms with van der Waals surface area (Å²) in [5.74, 6) is 0.814. The highest BCUT2D eigenvalue weighted by Crippen LogP contribution is 2.23. The van der Waals surface area contributed by atoms with Gasteiger partial charge < -0.3 is 4.90 Å². The highest BCUT2D eigenvalue weighted by molar-refractivity contribution is 5.78. The smallest absolute Gasteiger partial charge is 0.267 e. The van der Waals surface area contributed by atoms with E-state index in [-0.39, 0.29) is 11.5 Å². The van der Waals surface area contributed by atoms with Gasteiger partial charge in [0.05, 0.1) is 5.69 Å². The van der Waals surface area contributed by atoms with Crippen LogP contribution in [-0.4, -0.2) is 33.7 Å². The van der Waals surface area contributed by atoms with Gasteiger partial charge in [0.2, 0.25) is 5.91 Å². The van der Waals surface area contributed by atoms with Crippen LogP contribution in [0.2, 0.25) is 0 Å². The van der Waals surface area contributed by atoms with Gasteiger partial charge in [-0.3, -0.25) is 9.59 Å². The van der Waals surface area contributed by atoms with E-state index < -0.39 is 0 Å². The van der Waals surface area contributed by atoms with Crippen LogP contribution in [0.25, 0.3) is 11.3 Å². The molecule has 0 N–H and O–H groups in total. The van der Waals surface area contributed by atoms with Crippen LogP contribution in [0.4, 0.5) is 0 Å². The molecule has 0 spiro atoms. The third-order valence-electron chi connectivity index (χ3n) is 5.93. The molecule has 1 saturated heterocycles. The second-order valence-electron chi connectivity index (χ2n) is 7.84. The van der Waals surface area contributed by atoms with E-state index >= 15 is 0 Å². The number of nitrogens with zero attached hydrogens (tertiary/aromatic N) is 3. The van der Waals surface area contributed by atoms with Crippen molar-refractivity contribution in [3.8, 4) is 11.3 Å². The fraction of sp³-hybridized carbons (Fsp3) is 0.522. The van der Waals surface area contributed by atoms with Crippen molar-refractivity contribution in [1.82, 2.24) is 14.7 Å². The number of hydrogen-bond acceptors (Lipinski definition) is 3. The van der Waals surface area contributed by atoms with Crippen LogP contribution >= 0.6 is 0 Å². The van der Waals surface area contributed by atoms with Gasteiger partial charge in [-0.25, -0.2) is 4.68 Å². The number of carbonyl (C=O) groups is 1. The van der Waals surface area contributed by atoms with Gasteiger partial charge in [-0.15, -0.1) is 0 Å². The minimum atomic E-state index is -0.0484. The summed E-state index contributed by atoms with van der Waals surface area (Å²) in [7, 11) is 0. The van der Waals surface area contributed by atoms with E-state index in [1.807, 2.05) is 42.2 Å². The van der Waals surface area contributed by atoms with E-state index in [0.717, 1.165) is 55.6 Å². The molecule has 2 heterocycles. The molecule has 150 valence electrons. The molecule has 1 aliphatic rings. The van der Waals surface area contributed by atoms with Gasteiger partial charge in [0.25, 0.3) is 5.56 Å². The van der Waals surface area contributed by atoms with Gasteiger partial charge >= 0.3 is 0 Å². The van der Waals surface area contributed by atoms with E-state index in [1.165, 1.54) is 0 Å². The van der Waals surface area contributed by atoms with Crippen molar-refractivity contribution in [2.24, 2.45) is 11.8 Å². The minimum Gasteiger partial charge on any atom is -0.342 e. The van der Waals surface area contributed by atoms with Gasteiger partial charge in [-0.05, 0) is 44.1 Å². The van der Waals surface area contributed by atoms with E-state index in [4.69, 9.17) is 0 Å². The van der Waals surface area contributed by atoms with Crippen molar-refractivity contribution in [2.45, 2.75) is 53.0 Å². The molecule has 5 nitrogen and oxygen atoms in total. The first-order valence-electron chi connectivity index (χ1n) is 10.5. The number of piperidine rings is 1. The molecule has 1 aromatic carbocycles. The van der Waals surface area contributed by atoms with Crippen molar-refractivity contribution in [1.29, 1.82) is 0 Å². The zero-order valence-electron chi connectivity index (χ0n) is 17.2. The number of benzene rings is 1. The lowest BCUT2D eigenvalue weighted by molar-refractivity contribution is -0.137. The Morgan fingerprint density at radius 3 is 2.39 bits per heavy atom. The zero-order valence-corrected chi connectivity index (χ0v) is 17.2. The average Bonchev–Trinajstić information content (AvgIpc) is 2.72. The Balaban J connectivity index is 1.69. The Morgan fingerprint density at radius 1 is 1.14 bits per heavy atom. The van der Waals surface area contributed by atoms with Crippen LogP contribution in [0.3, 0.4) is 0 Å². The molecule has 5 heteroatoms. The molecular formula is C23H31N3O2. The Hall–Kier alpha value is -2.43. The summed E-state index contributed by atoms with van der Waals surface area (Å²) in [5, 5.41) is 4.67. The maximum absolute atomic E-state index is 12.6. The van der Waals surface area contributed by atoms with E-state index in [9.17, 15) is 9.59 Å². The fourth-order valence-electron chi connectivity index (χ4n) is 4.07. The summed E-state index contributed by atoms with van der Waals surface area (Å²) in [4.78, 5) is 27.1. The van der Waals surface area contributed by atoms with Crippen LogP contribution in [0.5, 0.6) is 0 Å². The first-order chi connectivity index (χ1) is 13.5. The molecule has 2 aromatic rings. The molecule has 1 amide bonds. The predicted molar refractivity (Wildman–Crippen MR) is 112 cm³/mol. The minimum absolute atomic E-state index is 0.0484. The Kier molecular flexibility index (Phi) is 6.65. The van der Waals surface area contributed by atoms with Crippen LogP contribution < -0.4 is 5.56 Å². The van der Waals surface area contributed by atoms with Gasteiger partial charge in [-0.1, -0.05) is 44.2 Å². The number of carbonyl (C=O) groups excluding carboxylic acids is 1. The lowest BCUT2D eigenvalue weighted by Gasteiger charge is -2.34. The van der Waals surface area contributed by atoms with Gasteiger partial charge in [0, 0.05) is 37.2 Å². The lowest BCUT2D eigenvalue weighted by Crippen LogP contribution is -2.42. The van der Waals surface area contributed by atoms with E-state index in [0.29, 0.717) is 18.4 Å². The largest absolute Gasteiger partial charge is 0.342 e. The molecule has 0 saturated carbocycles. The highest BCUT2D eigenvalue weighted by atomic mass is 16.2. The maximum Gasteiger partial charge on any atom is 0.267 e. The first kappa shape index (κ1) is 20.3.